The molecule has 0 aliphatic rings. The highest BCUT2D eigenvalue weighted by Crippen LogP contribution is 2.20. The zero-order chi connectivity index (χ0) is 15.1. The first kappa shape index (κ1) is 16.6. The fraction of sp³-hybridized carbons (Fsp3) is 0.467. The molecule has 0 bridgehead atoms. The Hall–Kier alpha value is -1.49. The van der Waals surface area contributed by atoms with Crippen molar-refractivity contribution in [3.8, 4) is 0 Å². The van der Waals surface area contributed by atoms with E-state index in [0.717, 1.165) is 23.9 Å². The van der Waals surface area contributed by atoms with Gasteiger partial charge in [0, 0.05) is 5.69 Å². The van der Waals surface area contributed by atoms with Crippen LogP contribution >= 0.6 is 11.8 Å². The van der Waals surface area contributed by atoms with Crippen LogP contribution in [0.2, 0.25) is 0 Å². The number of carbonyl (C=O) groups excluding carboxylic acids is 1. The van der Waals surface area contributed by atoms with Crippen molar-refractivity contribution in [2.45, 2.75) is 32.4 Å². The number of thioether (sulfide) groups is 1. The molecular weight excluding hydrogens is 274 g/mol. The van der Waals surface area contributed by atoms with Crippen molar-refractivity contribution >= 4 is 29.3 Å². The maximum atomic E-state index is 11.8. The summed E-state index contributed by atoms with van der Waals surface area (Å²) in [6.45, 7) is 5.75. The van der Waals surface area contributed by atoms with Crippen LogP contribution in [-0.4, -0.2) is 28.0 Å². The highest BCUT2D eigenvalue weighted by Gasteiger charge is 2.22. The van der Waals surface area contributed by atoms with E-state index in [-0.39, 0.29) is 17.6 Å². The van der Waals surface area contributed by atoms with E-state index in [0.29, 0.717) is 0 Å². The molecule has 0 aliphatic heterocycles. The summed E-state index contributed by atoms with van der Waals surface area (Å²) in [5, 5.41) is 11.3. The maximum absolute atomic E-state index is 11.8. The molecule has 2 N–H and O–H groups in total. The van der Waals surface area contributed by atoms with Gasteiger partial charge < -0.3 is 10.4 Å². The van der Waals surface area contributed by atoms with Gasteiger partial charge in [-0.1, -0.05) is 32.9 Å². The molecule has 1 atom stereocenters. The average Bonchev–Trinajstić information content (AvgIpc) is 2.39. The summed E-state index contributed by atoms with van der Waals surface area (Å²) < 4.78 is 0. The Morgan fingerprint density at radius 2 is 1.85 bits per heavy atom. The Kier molecular flexibility index (Phi) is 6.58. The van der Waals surface area contributed by atoms with E-state index in [9.17, 15) is 9.59 Å². The molecule has 1 aromatic rings. The van der Waals surface area contributed by atoms with Crippen molar-refractivity contribution in [2.75, 3.05) is 11.1 Å². The minimum absolute atomic E-state index is 0.00543. The standard InChI is InChI=1S/C15H21NO3S/c1-4-11-5-7-12(8-6-11)16-13(17)9-20-14(10(2)3)15(18)19/h5-8,10,14H,4,9H2,1-3H3,(H,16,17)(H,18,19). The molecule has 1 unspecified atom stereocenters. The molecule has 0 aromatic heterocycles. The van der Waals surface area contributed by atoms with Crippen molar-refractivity contribution in [1.29, 1.82) is 0 Å². The highest BCUT2D eigenvalue weighted by molar-refractivity contribution is 8.01. The van der Waals surface area contributed by atoms with E-state index in [2.05, 4.69) is 12.2 Å². The Bertz CT molecular complexity index is 457. The molecule has 110 valence electrons. The lowest BCUT2D eigenvalue weighted by atomic mass is 10.1. The van der Waals surface area contributed by atoms with Crippen molar-refractivity contribution in [1.82, 2.24) is 0 Å². The molecule has 1 amide bonds. The van der Waals surface area contributed by atoms with Crippen molar-refractivity contribution in [3.05, 3.63) is 29.8 Å². The van der Waals surface area contributed by atoms with Gasteiger partial charge in [0.15, 0.2) is 0 Å². The summed E-state index contributed by atoms with van der Waals surface area (Å²) in [4.78, 5) is 22.8. The smallest absolute Gasteiger partial charge is 0.316 e. The molecule has 5 heteroatoms. The van der Waals surface area contributed by atoms with Crippen molar-refractivity contribution < 1.29 is 14.7 Å². The number of anilines is 1. The lowest BCUT2D eigenvalue weighted by molar-refractivity contribution is -0.137. The van der Waals surface area contributed by atoms with Gasteiger partial charge in [0.25, 0.3) is 0 Å². The van der Waals surface area contributed by atoms with Gasteiger partial charge in [-0.25, -0.2) is 0 Å². The SMILES string of the molecule is CCc1ccc(NC(=O)CSC(C(=O)O)C(C)C)cc1. The number of nitrogens with one attached hydrogen (secondary N) is 1. The number of benzene rings is 1. The second kappa shape index (κ2) is 7.94. The van der Waals surface area contributed by atoms with E-state index in [4.69, 9.17) is 5.11 Å². The van der Waals surface area contributed by atoms with Crippen LogP contribution in [0.15, 0.2) is 24.3 Å². The second-order valence-electron chi connectivity index (χ2n) is 4.91. The Morgan fingerprint density at radius 1 is 1.25 bits per heavy atom. The average molecular weight is 295 g/mol. The first-order chi connectivity index (χ1) is 9.43. The first-order valence-corrected chi connectivity index (χ1v) is 7.72. The number of amides is 1. The van der Waals surface area contributed by atoms with E-state index < -0.39 is 11.2 Å². The molecule has 0 spiro atoms. The third-order valence-electron chi connectivity index (χ3n) is 2.89. The van der Waals surface area contributed by atoms with Gasteiger partial charge in [-0.15, -0.1) is 11.8 Å². The predicted octanol–water partition coefficient (Wildman–Crippen LogP) is 3.03. The lowest BCUT2D eigenvalue weighted by Crippen LogP contribution is -2.25. The van der Waals surface area contributed by atoms with Crippen molar-refractivity contribution in [3.63, 3.8) is 0 Å². The zero-order valence-corrected chi connectivity index (χ0v) is 12.9. The summed E-state index contributed by atoms with van der Waals surface area (Å²) >= 11 is 1.16. The number of aryl methyl sites for hydroxylation is 1. The van der Waals surface area contributed by atoms with Gasteiger partial charge >= 0.3 is 5.97 Å². The molecule has 0 fully saturated rings. The van der Waals surface area contributed by atoms with Crippen LogP contribution in [0.1, 0.15) is 26.3 Å². The summed E-state index contributed by atoms with van der Waals surface area (Å²) in [5.74, 6) is -0.907. The Morgan fingerprint density at radius 3 is 2.30 bits per heavy atom. The molecule has 1 aromatic carbocycles. The van der Waals surface area contributed by atoms with Crippen LogP contribution in [0.25, 0.3) is 0 Å². The molecule has 0 saturated heterocycles. The summed E-state index contributed by atoms with van der Waals surface area (Å²) in [5.41, 5.74) is 1.95. The van der Waals surface area contributed by atoms with Gasteiger partial charge in [-0.05, 0) is 30.0 Å². The Balaban J connectivity index is 2.48. The van der Waals surface area contributed by atoms with E-state index in [1.54, 1.807) is 0 Å². The van der Waals surface area contributed by atoms with Gasteiger partial charge in [-0.3, -0.25) is 9.59 Å². The van der Waals surface area contributed by atoms with E-state index >= 15 is 0 Å². The number of carbonyl (C=O) groups is 2. The Labute approximate surface area is 124 Å². The van der Waals surface area contributed by atoms with Crippen LogP contribution in [0.3, 0.4) is 0 Å². The number of rotatable bonds is 7. The summed E-state index contributed by atoms with van der Waals surface area (Å²) in [6, 6.07) is 7.66. The van der Waals surface area contributed by atoms with E-state index in [1.165, 1.54) is 5.56 Å². The topological polar surface area (TPSA) is 66.4 Å². The molecule has 20 heavy (non-hydrogen) atoms. The fourth-order valence-corrected chi connectivity index (χ4v) is 2.67. The van der Waals surface area contributed by atoms with E-state index in [1.807, 2.05) is 38.1 Å². The van der Waals surface area contributed by atoms with Gasteiger partial charge in [0.2, 0.25) is 5.91 Å². The minimum atomic E-state index is -0.870. The third kappa shape index (κ3) is 5.25. The summed E-state index contributed by atoms with van der Waals surface area (Å²) in [7, 11) is 0. The van der Waals surface area contributed by atoms with Crippen LogP contribution in [0.4, 0.5) is 5.69 Å². The lowest BCUT2D eigenvalue weighted by Gasteiger charge is -2.15. The highest BCUT2D eigenvalue weighted by atomic mass is 32.2. The number of hydrogen-bond donors (Lipinski definition) is 2. The molecule has 1 rings (SSSR count). The van der Waals surface area contributed by atoms with Crippen LogP contribution in [0, 0.1) is 5.92 Å². The molecule has 0 heterocycles. The maximum Gasteiger partial charge on any atom is 0.316 e. The second-order valence-corrected chi connectivity index (χ2v) is 6.04. The monoisotopic (exact) mass is 295 g/mol. The number of aliphatic carboxylic acids is 1. The van der Waals surface area contributed by atoms with Crippen LogP contribution in [0.5, 0.6) is 0 Å². The molecule has 0 saturated carbocycles. The largest absolute Gasteiger partial charge is 0.480 e. The fourth-order valence-electron chi connectivity index (χ4n) is 1.74. The number of hydrogen-bond acceptors (Lipinski definition) is 3. The van der Waals surface area contributed by atoms with Gasteiger partial charge in [0.05, 0.1) is 5.75 Å². The minimum Gasteiger partial charge on any atom is -0.480 e. The number of carboxylic acids is 1. The zero-order valence-electron chi connectivity index (χ0n) is 12.1. The number of carboxylic acid groups (broad SMARTS) is 1. The van der Waals surface area contributed by atoms with Gasteiger partial charge in [-0.2, -0.15) is 0 Å². The molecular formula is C15H21NO3S. The summed E-state index contributed by atoms with van der Waals surface area (Å²) in [6.07, 6.45) is 0.957. The first-order valence-electron chi connectivity index (χ1n) is 6.67. The molecule has 4 nitrogen and oxygen atoms in total. The van der Waals surface area contributed by atoms with Crippen LogP contribution in [-0.2, 0) is 16.0 Å². The van der Waals surface area contributed by atoms with Gasteiger partial charge in [0.1, 0.15) is 5.25 Å². The predicted molar refractivity (Wildman–Crippen MR) is 83.2 cm³/mol. The third-order valence-corrected chi connectivity index (χ3v) is 4.42. The molecule has 0 aliphatic carbocycles. The van der Waals surface area contributed by atoms with Crippen molar-refractivity contribution in [2.24, 2.45) is 5.92 Å². The van der Waals surface area contributed by atoms with Crippen LogP contribution < -0.4 is 5.32 Å². The molecule has 0 radical (unpaired) electrons. The quantitative estimate of drug-likeness (QED) is 0.811. The normalized spacial score (nSPS) is 12.2.